The second kappa shape index (κ2) is 6.86. The number of nitrogens with one attached hydrogen (secondary N) is 1. The zero-order valence-corrected chi connectivity index (χ0v) is 14.5. The molecule has 2 aromatic carbocycles. The lowest BCUT2D eigenvalue weighted by atomic mass is 9.85. The molecule has 0 unspecified atom stereocenters. The second-order valence-corrected chi connectivity index (χ2v) is 6.93. The molecule has 25 heavy (non-hydrogen) atoms. The molecule has 2 aromatic rings. The van der Waals surface area contributed by atoms with E-state index in [9.17, 15) is 9.90 Å². The molecule has 1 heterocycles. The van der Waals surface area contributed by atoms with Gasteiger partial charge in [0.2, 0.25) is 5.91 Å². The number of hydrogen-bond donors (Lipinski definition) is 3. The Morgan fingerprint density at radius 3 is 2.64 bits per heavy atom. The van der Waals surface area contributed by atoms with Crippen molar-refractivity contribution in [1.29, 1.82) is 0 Å². The van der Waals surface area contributed by atoms with Gasteiger partial charge in [-0.15, -0.1) is 0 Å². The average molecular weight is 340 g/mol. The summed E-state index contributed by atoms with van der Waals surface area (Å²) in [5.74, 6) is 0.169. The van der Waals surface area contributed by atoms with Crippen LogP contribution in [0.4, 0.5) is 0 Å². The molecular weight excluding hydrogens is 316 g/mol. The maximum absolute atomic E-state index is 11.5. The zero-order chi connectivity index (χ0) is 18.0. The molecule has 1 aliphatic rings. The van der Waals surface area contributed by atoms with Gasteiger partial charge in [0.05, 0.1) is 6.04 Å². The molecule has 0 spiro atoms. The molecule has 0 fully saturated rings. The minimum absolute atomic E-state index is 0.332. The number of primary amides is 1. The molecule has 0 saturated carbocycles. The van der Waals surface area contributed by atoms with Crippen molar-refractivity contribution in [3.63, 3.8) is 0 Å². The van der Waals surface area contributed by atoms with Crippen LogP contribution in [0.3, 0.4) is 0 Å². The normalized spacial score (nSPS) is 21.2. The highest BCUT2D eigenvalue weighted by atomic mass is 16.5. The van der Waals surface area contributed by atoms with Crippen LogP contribution in [0.1, 0.15) is 41.4 Å². The maximum atomic E-state index is 11.5. The molecule has 0 radical (unpaired) electrons. The Bertz CT molecular complexity index is 759. The molecule has 4 N–H and O–H groups in total. The first-order chi connectivity index (χ1) is 11.9. The Hall–Kier alpha value is -2.37. The first-order valence-corrected chi connectivity index (χ1v) is 8.46. The highest BCUT2D eigenvalue weighted by Gasteiger charge is 2.42. The fourth-order valence-electron chi connectivity index (χ4n) is 3.19. The lowest BCUT2D eigenvalue weighted by Crippen LogP contribution is -2.52. The summed E-state index contributed by atoms with van der Waals surface area (Å²) >= 11 is 0. The van der Waals surface area contributed by atoms with Crippen molar-refractivity contribution < 1.29 is 14.6 Å². The van der Waals surface area contributed by atoms with Gasteiger partial charge in [-0.3, -0.25) is 4.79 Å². The van der Waals surface area contributed by atoms with Crippen LogP contribution in [0.5, 0.6) is 5.75 Å². The van der Waals surface area contributed by atoms with Crippen molar-refractivity contribution in [1.82, 2.24) is 5.32 Å². The smallest absolute Gasteiger partial charge is 0.248 e. The maximum Gasteiger partial charge on any atom is 0.248 e. The molecule has 132 valence electrons. The van der Waals surface area contributed by atoms with Gasteiger partial charge in [-0.25, -0.2) is 0 Å². The largest absolute Gasteiger partial charge is 0.485 e. The molecule has 2 atom stereocenters. The lowest BCUT2D eigenvalue weighted by molar-refractivity contribution is -0.0644. The fourth-order valence-corrected chi connectivity index (χ4v) is 3.19. The number of fused-ring (bicyclic) bond motifs is 1. The monoisotopic (exact) mass is 340 g/mol. The molecule has 3 rings (SSSR count). The Labute approximate surface area is 147 Å². The molecule has 5 heteroatoms. The molecule has 5 nitrogen and oxygen atoms in total. The Morgan fingerprint density at radius 1 is 1.24 bits per heavy atom. The van der Waals surface area contributed by atoms with E-state index in [4.69, 9.17) is 10.5 Å². The minimum atomic E-state index is -0.751. The van der Waals surface area contributed by atoms with E-state index in [-0.39, 0.29) is 6.04 Å². The number of carbonyl (C=O) groups is 1. The number of rotatable bonds is 5. The van der Waals surface area contributed by atoms with Crippen LogP contribution in [0.15, 0.2) is 48.5 Å². The van der Waals surface area contributed by atoms with E-state index in [2.05, 4.69) is 17.4 Å². The van der Waals surface area contributed by atoms with Crippen LogP contribution in [0, 0.1) is 0 Å². The van der Waals surface area contributed by atoms with Gasteiger partial charge >= 0.3 is 0 Å². The summed E-state index contributed by atoms with van der Waals surface area (Å²) < 4.78 is 5.92. The Morgan fingerprint density at radius 2 is 1.96 bits per heavy atom. The second-order valence-electron chi connectivity index (χ2n) is 6.93. The van der Waals surface area contributed by atoms with E-state index >= 15 is 0 Å². The van der Waals surface area contributed by atoms with Crippen molar-refractivity contribution in [2.24, 2.45) is 5.73 Å². The highest BCUT2D eigenvalue weighted by molar-refractivity contribution is 5.93. The topological polar surface area (TPSA) is 84.6 Å². The summed E-state index contributed by atoms with van der Waals surface area (Å²) in [6, 6.07) is 14.9. The van der Waals surface area contributed by atoms with Crippen molar-refractivity contribution in [3.8, 4) is 5.75 Å². The van der Waals surface area contributed by atoms with Gasteiger partial charge in [0, 0.05) is 11.1 Å². The van der Waals surface area contributed by atoms with Gasteiger partial charge < -0.3 is 20.9 Å². The van der Waals surface area contributed by atoms with Crippen molar-refractivity contribution >= 4 is 5.91 Å². The zero-order valence-electron chi connectivity index (χ0n) is 14.5. The predicted octanol–water partition coefficient (Wildman–Crippen LogP) is 2.19. The van der Waals surface area contributed by atoms with Crippen LogP contribution in [-0.2, 0) is 6.42 Å². The number of benzene rings is 2. The van der Waals surface area contributed by atoms with Crippen LogP contribution in [0.2, 0.25) is 0 Å². The number of aliphatic hydroxyl groups is 1. The summed E-state index contributed by atoms with van der Waals surface area (Å²) in [5.41, 5.74) is 7.05. The van der Waals surface area contributed by atoms with E-state index in [1.165, 1.54) is 5.56 Å². The van der Waals surface area contributed by atoms with E-state index in [1.54, 1.807) is 18.2 Å². The van der Waals surface area contributed by atoms with E-state index in [1.807, 2.05) is 32.0 Å². The SMILES string of the molecule is CC1(C)Oc2ccc(C(N)=O)cc2[C@H](NCCc2ccccc2)[C@H]1O. The highest BCUT2D eigenvalue weighted by Crippen LogP contribution is 2.40. The summed E-state index contributed by atoms with van der Waals surface area (Å²) in [7, 11) is 0. The van der Waals surface area contributed by atoms with Gasteiger partial charge in [-0.1, -0.05) is 30.3 Å². The first-order valence-electron chi connectivity index (χ1n) is 8.46. The number of carbonyl (C=O) groups excluding carboxylic acids is 1. The van der Waals surface area contributed by atoms with E-state index < -0.39 is 17.6 Å². The summed E-state index contributed by atoms with van der Waals surface area (Å²) in [6.45, 7) is 4.41. The van der Waals surface area contributed by atoms with E-state index in [0.717, 1.165) is 12.0 Å². The van der Waals surface area contributed by atoms with E-state index in [0.29, 0.717) is 17.9 Å². The number of aliphatic hydroxyl groups excluding tert-OH is 1. The molecule has 0 aliphatic carbocycles. The number of amides is 1. The van der Waals surface area contributed by atoms with Crippen LogP contribution < -0.4 is 15.8 Å². The number of ether oxygens (including phenoxy) is 1. The lowest BCUT2D eigenvalue weighted by Gasteiger charge is -2.42. The van der Waals surface area contributed by atoms with Crippen molar-refractivity contribution in [3.05, 3.63) is 65.2 Å². The van der Waals surface area contributed by atoms with Gasteiger partial charge in [0.25, 0.3) is 0 Å². The summed E-state index contributed by atoms with van der Waals surface area (Å²) in [6.07, 6.45) is 0.0924. The third-order valence-corrected chi connectivity index (χ3v) is 4.65. The Kier molecular flexibility index (Phi) is 4.79. The average Bonchev–Trinajstić information content (AvgIpc) is 2.58. The first kappa shape index (κ1) is 17.5. The third-order valence-electron chi connectivity index (χ3n) is 4.65. The minimum Gasteiger partial charge on any atom is -0.485 e. The third kappa shape index (κ3) is 3.67. The quantitative estimate of drug-likeness (QED) is 0.779. The van der Waals surface area contributed by atoms with Gasteiger partial charge in [0.1, 0.15) is 17.5 Å². The standard InChI is InChI=1S/C20H24N2O3/c1-20(2)18(23)17(22-11-10-13-6-4-3-5-7-13)15-12-14(19(21)24)8-9-16(15)25-20/h3-9,12,17-18,22-23H,10-11H2,1-2H3,(H2,21,24)/t17-,18+/m0/s1. The van der Waals surface area contributed by atoms with Crippen LogP contribution in [-0.4, -0.2) is 29.3 Å². The number of nitrogens with two attached hydrogens (primary N) is 1. The molecular formula is C20H24N2O3. The molecule has 0 aromatic heterocycles. The van der Waals surface area contributed by atoms with Crippen LogP contribution in [0.25, 0.3) is 0 Å². The Balaban J connectivity index is 1.83. The van der Waals surface area contributed by atoms with Gasteiger partial charge in [0.15, 0.2) is 0 Å². The van der Waals surface area contributed by atoms with Crippen molar-refractivity contribution in [2.75, 3.05) is 6.54 Å². The molecule has 1 amide bonds. The molecule has 1 aliphatic heterocycles. The summed E-state index contributed by atoms with van der Waals surface area (Å²) in [4.78, 5) is 11.5. The molecule has 0 bridgehead atoms. The predicted molar refractivity (Wildman–Crippen MR) is 96.6 cm³/mol. The number of hydrogen-bond acceptors (Lipinski definition) is 4. The van der Waals surface area contributed by atoms with Crippen molar-refractivity contribution in [2.45, 2.75) is 38.0 Å². The van der Waals surface area contributed by atoms with Crippen LogP contribution >= 0.6 is 0 Å². The van der Waals surface area contributed by atoms with Gasteiger partial charge in [-0.2, -0.15) is 0 Å². The molecule has 0 saturated heterocycles. The fraction of sp³-hybridized carbons (Fsp3) is 0.350. The summed E-state index contributed by atoms with van der Waals surface area (Å²) in [5, 5.41) is 14.2. The van der Waals surface area contributed by atoms with Gasteiger partial charge in [-0.05, 0) is 50.6 Å².